The van der Waals surface area contributed by atoms with Crippen LogP contribution in [0, 0.1) is 0 Å². The zero-order valence-corrected chi connectivity index (χ0v) is 8.60. The zero-order valence-electron chi connectivity index (χ0n) is 7.78. The molecule has 0 aliphatic rings. The summed E-state index contributed by atoms with van der Waals surface area (Å²) in [5.74, 6) is -3.42. The van der Waals surface area contributed by atoms with Crippen molar-refractivity contribution in [2.24, 2.45) is 0 Å². The molecule has 8 nitrogen and oxygen atoms in total. The van der Waals surface area contributed by atoms with E-state index in [0.29, 0.717) is 0 Å². The predicted octanol–water partition coefficient (Wildman–Crippen LogP) is -0.804. The molecule has 86 valence electrons. The maximum absolute atomic E-state index is 11.4. The minimum atomic E-state index is -1.47. The van der Waals surface area contributed by atoms with Crippen molar-refractivity contribution in [2.45, 2.75) is 12.5 Å². The van der Waals surface area contributed by atoms with Gasteiger partial charge in [-0.1, -0.05) is 4.49 Å². The van der Waals surface area contributed by atoms with Crippen molar-refractivity contribution in [2.75, 3.05) is 0 Å². The van der Waals surface area contributed by atoms with E-state index < -0.39 is 30.3 Å². The molecule has 0 bridgehead atoms. The minimum absolute atomic E-state index is 0.122. The molecule has 1 heterocycles. The number of hydrogen-bond donors (Lipinski definition) is 3. The van der Waals surface area contributed by atoms with Crippen LogP contribution in [0.15, 0.2) is 6.20 Å². The lowest BCUT2D eigenvalue weighted by Gasteiger charge is -2.10. The standard InChI is InChI=1S/C7H7N3O5S/c11-5(12)1-3(7(14)15)9-6(13)4-2-8-10-16-4/h2-3H,1H2,(H,9,13)(H,11,12)(H,14,15)/t3-/m0/s1. The number of carbonyl (C=O) groups excluding carboxylic acids is 1. The molecule has 0 saturated heterocycles. The van der Waals surface area contributed by atoms with E-state index in [9.17, 15) is 14.4 Å². The van der Waals surface area contributed by atoms with Gasteiger partial charge >= 0.3 is 11.9 Å². The van der Waals surface area contributed by atoms with E-state index in [1.165, 1.54) is 6.20 Å². The number of hydrogen-bond acceptors (Lipinski definition) is 6. The van der Waals surface area contributed by atoms with E-state index in [-0.39, 0.29) is 4.88 Å². The topological polar surface area (TPSA) is 129 Å². The van der Waals surface area contributed by atoms with Gasteiger partial charge in [-0.3, -0.25) is 9.59 Å². The SMILES string of the molecule is O=C(O)C[C@H](NC(=O)c1cnns1)C(=O)O. The van der Waals surface area contributed by atoms with Crippen LogP contribution in [0.1, 0.15) is 16.1 Å². The molecule has 0 radical (unpaired) electrons. The summed E-state index contributed by atoms with van der Waals surface area (Å²) < 4.78 is 3.42. The summed E-state index contributed by atoms with van der Waals surface area (Å²) in [5.41, 5.74) is 0. The van der Waals surface area contributed by atoms with Gasteiger partial charge in [0.25, 0.3) is 5.91 Å². The van der Waals surface area contributed by atoms with Crippen LogP contribution in [0.4, 0.5) is 0 Å². The molecule has 1 rings (SSSR count). The molecule has 16 heavy (non-hydrogen) atoms. The number of carboxylic acid groups (broad SMARTS) is 2. The monoisotopic (exact) mass is 245 g/mol. The molecular formula is C7H7N3O5S. The van der Waals surface area contributed by atoms with Gasteiger partial charge in [-0.2, -0.15) is 0 Å². The van der Waals surface area contributed by atoms with Crippen molar-refractivity contribution in [1.82, 2.24) is 14.9 Å². The molecule has 1 aromatic rings. The Hall–Kier alpha value is -2.03. The van der Waals surface area contributed by atoms with Gasteiger partial charge in [0.1, 0.15) is 10.9 Å². The highest BCUT2D eigenvalue weighted by molar-refractivity contribution is 7.07. The summed E-state index contributed by atoms with van der Waals surface area (Å²) >= 11 is 0.790. The highest BCUT2D eigenvalue weighted by Crippen LogP contribution is 2.03. The number of nitrogens with zero attached hydrogens (tertiary/aromatic N) is 2. The molecule has 0 unspecified atom stereocenters. The number of nitrogens with one attached hydrogen (secondary N) is 1. The molecular weight excluding hydrogens is 238 g/mol. The molecule has 0 aliphatic heterocycles. The highest BCUT2D eigenvalue weighted by Gasteiger charge is 2.24. The predicted molar refractivity (Wildman–Crippen MR) is 51.1 cm³/mol. The molecule has 3 N–H and O–H groups in total. The van der Waals surface area contributed by atoms with E-state index in [1.54, 1.807) is 0 Å². The largest absolute Gasteiger partial charge is 0.481 e. The quantitative estimate of drug-likeness (QED) is 0.618. The lowest BCUT2D eigenvalue weighted by atomic mass is 10.2. The van der Waals surface area contributed by atoms with E-state index in [2.05, 4.69) is 14.9 Å². The minimum Gasteiger partial charge on any atom is -0.481 e. The summed E-state index contributed by atoms with van der Waals surface area (Å²) in [6.45, 7) is 0. The third-order valence-corrected chi connectivity index (χ3v) is 2.23. The smallest absolute Gasteiger partial charge is 0.326 e. The van der Waals surface area contributed by atoms with Gasteiger partial charge in [-0.25, -0.2) is 4.79 Å². The fourth-order valence-electron chi connectivity index (χ4n) is 0.871. The number of aromatic nitrogens is 2. The normalized spacial score (nSPS) is 11.8. The molecule has 0 spiro atoms. The van der Waals surface area contributed by atoms with Crippen LogP contribution in [-0.4, -0.2) is 43.7 Å². The molecule has 0 aliphatic carbocycles. The van der Waals surface area contributed by atoms with Crippen LogP contribution in [0.2, 0.25) is 0 Å². The Morgan fingerprint density at radius 2 is 2.12 bits per heavy atom. The van der Waals surface area contributed by atoms with E-state index in [4.69, 9.17) is 10.2 Å². The maximum atomic E-state index is 11.4. The van der Waals surface area contributed by atoms with Crippen molar-refractivity contribution in [3.05, 3.63) is 11.1 Å². The number of aliphatic carboxylic acids is 2. The van der Waals surface area contributed by atoms with Crippen LogP contribution < -0.4 is 5.32 Å². The maximum Gasteiger partial charge on any atom is 0.326 e. The fraction of sp³-hybridized carbons (Fsp3) is 0.286. The second-order valence-electron chi connectivity index (χ2n) is 2.74. The molecule has 0 aromatic carbocycles. The zero-order chi connectivity index (χ0) is 12.1. The number of carboxylic acids is 2. The summed E-state index contributed by atoms with van der Waals surface area (Å²) in [6, 6.07) is -1.47. The fourth-order valence-corrected chi connectivity index (χ4v) is 1.29. The second-order valence-corrected chi connectivity index (χ2v) is 3.53. The van der Waals surface area contributed by atoms with Crippen molar-refractivity contribution >= 4 is 29.4 Å². The van der Waals surface area contributed by atoms with Crippen LogP contribution in [0.25, 0.3) is 0 Å². The average molecular weight is 245 g/mol. The van der Waals surface area contributed by atoms with Crippen molar-refractivity contribution in [3.8, 4) is 0 Å². The first-order valence-corrected chi connectivity index (χ1v) is 4.81. The molecule has 9 heteroatoms. The Bertz CT molecular complexity index is 404. The van der Waals surface area contributed by atoms with Gasteiger partial charge in [-0.15, -0.1) is 5.10 Å². The summed E-state index contributed by atoms with van der Waals surface area (Å²) in [7, 11) is 0. The summed E-state index contributed by atoms with van der Waals surface area (Å²) in [4.78, 5) is 32.5. The van der Waals surface area contributed by atoms with Crippen molar-refractivity contribution in [1.29, 1.82) is 0 Å². The average Bonchev–Trinajstić information content (AvgIpc) is 2.68. The Balaban J connectivity index is 2.65. The van der Waals surface area contributed by atoms with Crippen LogP contribution >= 0.6 is 11.5 Å². The molecule has 1 atom stereocenters. The Morgan fingerprint density at radius 3 is 2.56 bits per heavy atom. The molecule has 1 aromatic heterocycles. The second kappa shape index (κ2) is 5.16. The van der Waals surface area contributed by atoms with Gasteiger partial charge in [0.05, 0.1) is 12.6 Å². The lowest BCUT2D eigenvalue weighted by molar-refractivity contribution is -0.145. The third-order valence-electron chi connectivity index (χ3n) is 1.57. The first-order chi connectivity index (χ1) is 7.50. The Kier molecular flexibility index (Phi) is 3.89. The highest BCUT2D eigenvalue weighted by atomic mass is 32.1. The first-order valence-electron chi connectivity index (χ1n) is 4.03. The van der Waals surface area contributed by atoms with Crippen LogP contribution in [0.3, 0.4) is 0 Å². The van der Waals surface area contributed by atoms with Crippen molar-refractivity contribution < 1.29 is 24.6 Å². The van der Waals surface area contributed by atoms with E-state index in [1.807, 2.05) is 0 Å². The van der Waals surface area contributed by atoms with Gasteiger partial charge in [0.15, 0.2) is 0 Å². The number of amides is 1. The lowest BCUT2D eigenvalue weighted by Crippen LogP contribution is -2.41. The first kappa shape index (κ1) is 12.0. The molecule has 0 saturated carbocycles. The number of rotatable bonds is 5. The Labute approximate surface area is 93.1 Å². The van der Waals surface area contributed by atoms with Crippen molar-refractivity contribution in [3.63, 3.8) is 0 Å². The van der Waals surface area contributed by atoms with Crippen LogP contribution in [-0.2, 0) is 9.59 Å². The molecule has 1 amide bonds. The Morgan fingerprint density at radius 1 is 1.44 bits per heavy atom. The van der Waals surface area contributed by atoms with Gasteiger partial charge in [0, 0.05) is 0 Å². The van der Waals surface area contributed by atoms with Gasteiger partial charge in [0.2, 0.25) is 0 Å². The summed E-state index contributed by atoms with van der Waals surface area (Å²) in [5, 5.41) is 22.6. The van der Waals surface area contributed by atoms with Gasteiger partial charge < -0.3 is 15.5 Å². The number of carbonyl (C=O) groups is 3. The molecule has 0 fully saturated rings. The summed E-state index contributed by atoms with van der Waals surface area (Å²) in [6.07, 6.45) is 0.479. The van der Waals surface area contributed by atoms with E-state index in [0.717, 1.165) is 11.5 Å². The van der Waals surface area contributed by atoms with Crippen LogP contribution in [0.5, 0.6) is 0 Å². The van der Waals surface area contributed by atoms with E-state index >= 15 is 0 Å². The third kappa shape index (κ3) is 3.28. The van der Waals surface area contributed by atoms with Gasteiger partial charge in [-0.05, 0) is 11.5 Å².